The monoisotopic (exact) mass is 321 g/mol. The number of piperidine rings is 1. The average Bonchev–Trinajstić information content (AvgIpc) is 3.23. The summed E-state index contributed by atoms with van der Waals surface area (Å²) in [5.74, 6) is 0.351. The Bertz CT molecular complexity index is 746. The van der Waals surface area contributed by atoms with Crippen LogP contribution in [0.25, 0.3) is 0 Å². The van der Waals surface area contributed by atoms with Crippen LogP contribution in [-0.2, 0) is 0 Å². The van der Waals surface area contributed by atoms with E-state index < -0.39 is 0 Å². The number of aromatic nitrogens is 1. The van der Waals surface area contributed by atoms with Gasteiger partial charge in [0, 0.05) is 24.3 Å². The largest absolute Gasteiger partial charge is 0.347 e. The van der Waals surface area contributed by atoms with Crippen molar-refractivity contribution in [3.8, 4) is 0 Å². The highest BCUT2D eigenvalue weighted by atomic mass is 16.2. The minimum Gasteiger partial charge on any atom is -0.347 e. The fraction of sp³-hybridized carbons (Fsp3) is 0.316. The lowest BCUT2D eigenvalue weighted by molar-refractivity contribution is 0.0643. The van der Waals surface area contributed by atoms with Gasteiger partial charge in [-0.05, 0) is 43.0 Å². The molecule has 1 N–H and O–H groups in total. The summed E-state index contributed by atoms with van der Waals surface area (Å²) in [6.07, 6.45) is 3.53. The molecular weight excluding hydrogens is 302 g/mol. The van der Waals surface area contributed by atoms with Crippen molar-refractivity contribution in [3.05, 3.63) is 66.0 Å². The maximum absolute atomic E-state index is 12.7. The summed E-state index contributed by atoms with van der Waals surface area (Å²) in [5.41, 5.74) is 1.13. The average molecular weight is 321 g/mol. The number of carbonyl (C=O) groups is 2. The maximum Gasteiger partial charge on any atom is 0.272 e. The number of fused-ring (bicyclic) bond motifs is 2. The highest BCUT2D eigenvalue weighted by Crippen LogP contribution is 2.38. The van der Waals surface area contributed by atoms with Crippen LogP contribution in [0.4, 0.5) is 0 Å². The van der Waals surface area contributed by atoms with Crippen LogP contribution in [0.15, 0.2) is 54.7 Å². The summed E-state index contributed by atoms with van der Waals surface area (Å²) < 4.78 is 0. The molecule has 5 heteroatoms. The Balaban J connectivity index is 1.47. The highest BCUT2D eigenvalue weighted by Gasteiger charge is 2.47. The topological polar surface area (TPSA) is 62.3 Å². The van der Waals surface area contributed by atoms with E-state index in [0.29, 0.717) is 17.2 Å². The number of carbonyl (C=O) groups excluding carboxylic acids is 2. The van der Waals surface area contributed by atoms with Crippen molar-refractivity contribution in [1.29, 1.82) is 0 Å². The summed E-state index contributed by atoms with van der Waals surface area (Å²) in [6.45, 7) is 0.762. The van der Waals surface area contributed by atoms with Gasteiger partial charge in [-0.25, -0.2) is 0 Å². The van der Waals surface area contributed by atoms with E-state index in [2.05, 4.69) is 10.3 Å². The predicted molar refractivity (Wildman–Crippen MR) is 89.5 cm³/mol. The molecule has 2 amide bonds. The quantitative estimate of drug-likeness (QED) is 0.942. The number of amides is 2. The van der Waals surface area contributed by atoms with Crippen LogP contribution in [-0.4, -0.2) is 40.3 Å². The molecule has 1 aliphatic heterocycles. The predicted octanol–water partition coefficient (Wildman–Crippen LogP) is 2.11. The van der Waals surface area contributed by atoms with Gasteiger partial charge >= 0.3 is 0 Å². The van der Waals surface area contributed by atoms with Crippen LogP contribution in [0.1, 0.15) is 33.7 Å². The number of hydrogen-bond acceptors (Lipinski definition) is 3. The molecule has 3 atom stereocenters. The molecule has 1 saturated carbocycles. The van der Waals surface area contributed by atoms with Gasteiger partial charge in [-0.1, -0.05) is 24.3 Å². The molecule has 24 heavy (non-hydrogen) atoms. The molecule has 2 bridgehead atoms. The van der Waals surface area contributed by atoms with E-state index in [1.165, 1.54) is 0 Å². The fourth-order valence-corrected chi connectivity index (χ4v) is 3.89. The second-order valence-electron chi connectivity index (χ2n) is 6.52. The van der Waals surface area contributed by atoms with E-state index in [-0.39, 0.29) is 23.9 Å². The second-order valence-corrected chi connectivity index (χ2v) is 6.52. The molecule has 1 aliphatic carbocycles. The molecule has 1 saturated heterocycles. The van der Waals surface area contributed by atoms with Crippen molar-refractivity contribution in [2.75, 3.05) is 6.54 Å². The summed E-state index contributed by atoms with van der Waals surface area (Å²) in [6, 6.07) is 14.7. The first kappa shape index (κ1) is 14.9. The van der Waals surface area contributed by atoms with Gasteiger partial charge in [-0.3, -0.25) is 14.6 Å². The number of benzene rings is 1. The molecule has 5 nitrogen and oxygen atoms in total. The molecule has 1 aromatic carbocycles. The van der Waals surface area contributed by atoms with Crippen LogP contribution >= 0.6 is 0 Å². The molecular formula is C19H19N3O2. The minimum absolute atomic E-state index is 0.0177. The Labute approximate surface area is 140 Å². The Morgan fingerprint density at radius 1 is 1.04 bits per heavy atom. The zero-order valence-electron chi connectivity index (χ0n) is 13.3. The lowest BCUT2D eigenvalue weighted by Gasteiger charge is -2.33. The molecule has 2 aromatic rings. The molecule has 4 rings (SSSR count). The zero-order chi connectivity index (χ0) is 16.5. The number of nitrogens with zero attached hydrogens (tertiary/aromatic N) is 2. The maximum atomic E-state index is 12.7. The van der Waals surface area contributed by atoms with Gasteiger partial charge in [0.2, 0.25) is 0 Å². The van der Waals surface area contributed by atoms with Crippen LogP contribution in [0.2, 0.25) is 0 Å². The van der Waals surface area contributed by atoms with Crippen molar-refractivity contribution < 1.29 is 9.59 Å². The van der Waals surface area contributed by atoms with E-state index in [4.69, 9.17) is 0 Å². The van der Waals surface area contributed by atoms with Crippen molar-refractivity contribution in [2.24, 2.45) is 5.92 Å². The fourth-order valence-electron chi connectivity index (χ4n) is 3.89. The Morgan fingerprint density at radius 3 is 2.54 bits per heavy atom. The van der Waals surface area contributed by atoms with Crippen molar-refractivity contribution >= 4 is 11.8 Å². The standard InChI is InChI=1S/C19H19N3O2/c23-18(14-6-2-1-3-7-14)21-16-10-13-11-17(16)22(12-13)19(24)15-8-4-5-9-20-15/h1-9,13,16-17H,10-12H2,(H,21,23). The third kappa shape index (κ3) is 2.66. The van der Waals surface area contributed by atoms with Crippen LogP contribution in [0, 0.1) is 5.92 Å². The van der Waals surface area contributed by atoms with E-state index >= 15 is 0 Å². The third-order valence-electron chi connectivity index (χ3n) is 4.98. The summed E-state index contributed by atoms with van der Waals surface area (Å²) in [5, 5.41) is 3.11. The number of pyridine rings is 1. The molecule has 122 valence electrons. The lowest BCUT2D eigenvalue weighted by atomic mass is 10.0. The Hall–Kier alpha value is -2.69. The van der Waals surface area contributed by atoms with Gasteiger partial charge in [0.05, 0.1) is 6.04 Å². The van der Waals surface area contributed by atoms with Crippen molar-refractivity contribution in [3.63, 3.8) is 0 Å². The highest BCUT2D eigenvalue weighted by molar-refractivity contribution is 5.95. The first-order chi connectivity index (χ1) is 11.7. The lowest BCUT2D eigenvalue weighted by Crippen LogP contribution is -2.52. The molecule has 2 heterocycles. The SMILES string of the molecule is O=C(NC1CC2CC1N(C(=O)c1ccccn1)C2)c1ccccc1. The van der Waals surface area contributed by atoms with E-state index in [9.17, 15) is 9.59 Å². The van der Waals surface area contributed by atoms with Crippen LogP contribution in [0.3, 0.4) is 0 Å². The second kappa shape index (κ2) is 6.07. The van der Waals surface area contributed by atoms with Gasteiger partial charge in [-0.2, -0.15) is 0 Å². The first-order valence-corrected chi connectivity index (χ1v) is 8.30. The number of likely N-dealkylation sites (tertiary alicyclic amines) is 1. The van der Waals surface area contributed by atoms with Gasteiger partial charge in [0.25, 0.3) is 11.8 Å². The van der Waals surface area contributed by atoms with Gasteiger partial charge in [0.1, 0.15) is 5.69 Å². The summed E-state index contributed by atoms with van der Waals surface area (Å²) in [7, 11) is 0. The Kier molecular flexibility index (Phi) is 3.76. The van der Waals surface area contributed by atoms with E-state index in [0.717, 1.165) is 19.4 Å². The molecule has 3 unspecified atom stereocenters. The third-order valence-corrected chi connectivity index (χ3v) is 4.98. The molecule has 0 radical (unpaired) electrons. The van der Waals surface area contributed by atoms with Gasteiger partial charge in [-0.15, -0.1) is 0 Å². The number of nitrogens with one attached hydrogen (secondary N) is 1. The van der Waals surface area contributed by atoms with Crippen LogP contribution < -0.4 is 5.32 Å². The normalized spacial score (nSPS) is 24.8. The molecule has 0 spiro atoms. The molecule has 2 aliphatic rings. The van der Waals surface area contributed by atoms with Crippen LogP contribution in [0.5, 0.6) is 0 Å². The van der Waals surface area contributed by atoms with E-state index in [1.807, 2.05) is 29.2 Å². The smallest absolute Gasteiger partial charge is 0.272 e. The molecule has 2 fully saturated rings. The summed E-state index contributed by atoms with van der Waals surface area (Å²) >= 11 is 0. The number of hydrogen-bond donors (Lipinski definition) is 1. The van der Waals surface area contributed by atoms with Crippen molar-refractivity contribution in [1.82, 2.24) is 15.2 Å². The van der Waals surface area contributed by atoms with Crippen molar-refractivity contribution in [2.45, 2.75) is 24.9 Å². The van der Waals surface area contributed by atoms with Gasteiger partial charge < -0.3 is 10.2 Å². The van der Waals surface area contributed by atoms with Gasteiger partial charge in [0.15, 0.2) is 0 Å². The molecule has 1 aromatic heterocycles. The number of rotatable bonds is 3. The minimum atomic E-state index is -0.0709. The summed E-state index contributed by atoms with van der Waals surface area (Å²) in [4.78, 5) is 31.1. The first-order valence-electron chi connectivity index (χ1n) is 8.30. The Morgan fingerprint density at radius 2 is 1.83 bits per heavy atom. The zero-order valence-corrected chi connectivity index (χ0v) is 13.3. The van der Waals surface area contributed by atoms with E-state index in [1.54, 1.807) is 30.5 Å².